The molecule has 0 saturated heterocycles. The molecule has 0 spiro atoms. The van der Waals surface area contributed by atoms with Crippen LogP contribution in [0.15, 0.2) is 0 Å². The van der Waals surface area contributed by atoms with E-state index in [4.69, 9.17) is 13.7 Å². The van der Waals surface area contributed by atoms with Crippen molar-refractivity contribution in [3.63, 3.8) is 0 Å². The first kappa shape index (κ1) is 15.5. The van der Waals surface area contributed by atoms with E-state index in [9.17, 15) is 0 Å². The number of hydrogen-bond acceptors (Lipinski definition) is 6. The van der Waals surface area contributed by atoms with Crippen molar-refractivity contribution in [1.82, 2.24) is 0 Å². The Morgan fingerprint density at radius 3 is 2.33 bits per heavy atom. The number of hydrogen-bond donors (Lipinski definition) is 2. The molecule has 0 aromatic rings. The summed E-state index contributed by atoms with van der Waals surface area (Å²) < 4.78 is 20.1. The minimum absolute atomic E-state index is 0.00309. The Kier molecular flexibility index (Phi) is 11.4. The van der Waals surface area contributed by atoms with Crippen LogP contribution in [-0.4, -0.2) is 38.6 Å². The number of rotatable bonds is 10. The molecule has 0 heterocycles. The summed E-state index contributed by atoms with van der Waals surface area (Å²) in [5.74, 6) is 0. The van der Waals surface area contributed by atoms with Gasteiger partial charge in [-0.25, -0.2) is 0 Å². The first-order chi connectivity index (χ1) is 7.20. The van der Waals surface area contributed by atoms with E-state index < -0.39 is 0 Å². The van der Waals surface area contributed by atoms with Crippen LogP contribution in [0.25, 0.3) is 0 Å². The second kappa shape index (κ2) is 11.0. The summed E-state index contributed by atoms with van der Waals surface area (Å²) in [4.78, 5) is 0. The van der Waals surface area contributed by atoms with E-state index in [1.54, 1.807) is 0 Å². The highest BCUT2D eigenvalue weighted by molar-refractivity contribution is 7.75. The predicted molar refractivity (Wildman–Crippen MR) is 65.3 cm³/mol. The van der Waals surface area contributed by atoms with Gasteiger partial charge in [0.1, 0.15) is 0 Å². The van der Waals surface area contributed by atoms with E-state index in [2.05, 4.69) is 30.0 Å². The van der Waals surface area contributed by atoms with Crippen LogP contribution in [0.4, 0.5) is 0 Å². The minimum Gasteiger partial charge on any atom is -0.376 e. The lowest BCUT2D eigenvalue weighted by molar-refractivity contribution is -0.00819. The molecule has 0 N–H and O–H groups in total. The highest BCUT2D eigenvalue weighted by Crippen LogP contribution is 1.99. The fourth-order valence-electron chi connectivity index (χ4n) is 0.890. The third-order valence-corrected chi connectivity index (χ3v) is 2.32. The molecule has 2 unspecified atom stereocenters. The van der Waals surface area contributed by atoms with Gasteiger partial charge in [-0.1, -0.05) is 0 Å². The van der Waals surface area contributed by atoms with Crippen molar-refractivity contribution in [1.29, 1.82) is 0 Å². The molecule has 6 heteroatoms. The van der Waals surface area contributed by atoms with Gasteiger partial charge in [-0.2, -0.15) is 0 Å². The van der Waals surface area contributed by atoms with Crippen molar-refractivity contribution in [2.24, 2.45) is 0 Å². The van der Waals surface area contributed by atoms with Crippen LogP contribution in [-0.2, 0) is 17.8 Å². The van der Waals surface area contributed by atoms with Gasteiger partial charge in [0.2, 0.25) is 0 Å². The van der Waals surface area contributed by atoms with Crippen LogP contribution in [0.1, 0.15) is 20.3 Å². The second-order valence-corrected chi connectivity index (χ2v) is 3.76. The highest BCUT2D eigenvalue weighted by atomic mass is 32.1. The minimum atomic E-state index is 0.00309. The van der Waals surface area contributed by atoms with Crippen LogP contribution in [0, 0.1) is 0 Å². The fourth-order valence-corrected chi connectivity index (χ4v) is 1.06. The molecule has 2 atom stereocenters. The number of thiol groups is 2. The van der Waals surface area contributed by atoms with Crippen molar-refractivity contribution < 1.29 is 17.8 Å². The summed E-state index contributed by atoms with van der Waals surface area (Å²) in [6, 6.07) is 0. The topological polar surface area (TPSA) is 36.9 Å². The first-order valence-electron chi connectivity index (χ1n) is 4.96. The largest absolute Gasteiger partial charge is 0.376 e. The third kappa shape index (κ3) is 10.8. The molecule has 0 rings (SSSR count). The molecule has 0 aliphatic heterocycles. The maximum atomic E-state index is 5.46. The molecule has 0 fully saturated rings. The summed E-state index contributed by atoms with van der Waals surface area (Å²) in [7, 11) is 0. The van der Waals surface area contributed by atoms with E-state index in [1.807, 2.05) is 13.8 Å². The zero-order valence-electron chi connectivity index (χ0n) is 9.22. The monoisotopic (exact) mass is 256 g/mol. The second-order valence-electron chi connectivity index (χ2n) is 3.29. The van der Waals surface area contributed by atoms with Crippen LogP contribution in [0.5, 0.6) is 0 Å². The van der Waals surface area contributed by atoms with Gasteiger partial charge in [-0.05, 0) is 46.1 Å². The lowest BCUT2D eigenvalue weighted by Gasteiger charge is -2.13. The van der Waals surface area contributed by atoms with Gasteiger partial charge in [-0.3, -0.25) is 0 Å². The Hall–Kier alpha value is 0.540. The first-order valence-corrected chi connectivity index (χ1v) is 5.69. The summed E-state index contributed by atoms with van der Waals surface area (Å²) in [6.07, 6.45) is 1.00. The summed E-state index contributed by atoms with van der Waals surface area (Å²) in [5, 5.41) is 0. The maximum absolute atomic E-state index is 5.46. The molecular weight excluding hydrogens is 236 g/mol. The van der Waals surface area contributed by atoms with Crippen molar-refractivity contribution in [2.75, 3.05) is 26.4 Å². The molecule has 0 saturated carbocycles. The van der Waals surface area contributed by atoms with Gasteiger partial charge in [0.25, 0.3) is 0 Å². The Morgan fingerprint density at radius 2 is 1.73 bits per heavy atom. The molecular formula is C9H20O4S2. The van der Waals surface area contributed by atoms with Crippen molar-refractivity contribution in [3.8, 4) is 0 Å². The maximum Gasteiger partial charge on any atom is 0.0924 e. The molecule has 0 amide bonds. The lowest BCUT2D eigenvalue weighted by Crippen LogP contribution is -2.17. The molecule has 0 bridgehead atoms. The Balaban J connectivity index is 3.16. The standard InChI is InChI=1S/C9H20O4S2/c1-8(3-4-12-14)11-6-5-10-7-9(2)13-15/h8-9,14-15H,3-7H2,1-2H3. The van der Waals surface area contributed by atoms with Gasteiger partial charge < -0.3 is 17.8 Å². The Bertz CT molecular complexity index is 137. The fraction of sp³-hybridized carbons (Fsp3) is 1.00. The van der Waals surface area contributed by atoms with Gasteiger partial charge in [0, 0.05) is 0 Å². The van der Waals surface area contributed by atoms with Crippen molar-refractivity contribution in [2.45, 2.75) is 32.5 Å². The zero-order valence-corrected chi connectivity index (χ0v) is 11.0. The van der Waals surface area contributed by atoms with Gasteiger partial charge in [-0.15, -0.1) is 0 Å². The average molecular weight is 256 g/mol. The van der Waals surface area contributed by atoms with Crippen molar-refractivity contribution >= 4 is 25.8 Å². The van der Waals surface area contributed by atoms with Crippen molar-refractivity contribution in [3.05, 3.63) is 0 Å². The quantitative estimate of drug-likeness (QED) is 0.356. The molecule has 4 nitrogen and oxygen atoms in total. The summed E-state index contributed by atoms with van der Waals surface area (Å²) >= 11 is 7.33. The molecule has 0 aromatic heterocycles. The third-order valence-electron chi connectivity index (χ3n) is 1.78. The average Bonchev–Trinajstić information content (AvgIpc) is 2.25. The Morgan fingerprint density at radius 1 is 1.00 bits per heavy atom. The SMILES string of the molecule is CC(COCCOC(C)CCOS)OS. The van der Waals surface area contributed by atoms with Crippen LogP contribution in [0.3, 0.4) is 0 Å². The van der Waals surface area contributed by atoms with Crippen LogP contribution in [0.2, 0.25) is 0 Å². The normalized spacial score (nSPS) is 15.2. The number of ether oxygens (including phenoxy) is 2. The van der Waals surface area contributed by atoms with Gasteiger partial charge in [0.15, 0.2) is 0 Å². The summed E-state index contributed by atoms with van der Waals surface area (Å²) in [5.41, 5.74) is 0. The predicted octanol–water partition coefficient (Wildman–Crippen LogP) is 1.91. The summed E-state index contributed by atoms with van der Waals surface area (Å²) in [6.45, 7) is 6.14. The van der Waals surface area contributed by atoms with E-state index in [0.717, 1.165) is 6.42 Å². The zero-order chi connectivity index (χ0) is 11.5. The van der Waals surface area contributed by atoms with Crippen LogP contribution < -0.4 is 0 Å². The smallest absolute Gasteiger partial charge is 0.0924 e. The van der Waals surface area contributed by atoms with E-state index in [-0.39, 0.29) is 12.2 Å². The lowest BCUT2D eigenvalue weighted by atomic mass is 10.3. The molecule has 15 heavy (non-hydrogen) atoms. The molecule has 92 valence electrons. The van der Waals surface area contributed by atoms with Gasteiger partial charge >= 0.3 is 0 Å². The van der Waals surface area contributed by atoms with E-state index in [1.165, 1.54) is 0 Å². The van der Waals surface area contributed by atoms with Crippen LogP contribution >= 0.6 is 25.8 Å². The van der Waals surface area contributed by atoms with E-state index >= 15 is 0 Å². The van der Waals surface area contributed by atoms with Gasteiger partial charge in [0.05, 0.1) is 38.6 Å². The molecule has 0 aromatic carbocycles. The Labute approximate surface area is 103 Å². The van der Waals surface area contributed by atoms with E-state index in [0.29, 0.717) is 26.4 Å². The molecule has 0 aliphatic carbocycles. The molecule has 0 radical (unpaired) electrons. The molecule has 0 aliphatic rings. The highest BCUT2D eigenvalue weighted by Gasteiger charge is 2.02.